The van der Waals surface area contributed by atoms with E-state index in [0.717, 1.165) is 0 Å². The van der Waals surface area contributed by atoms with E-state index >= 15 is 0 Å². The lowest BCUT2D eigenvalue weighted by molar-refractivity contribution is 0.449. The van der Waals surface area contributed by atoms with Gasteiger partial charge in [-0.05, 0) is 0 Å². The van der Waals surface area contributed by atoms with Crippen LogP contribution in [0.5, 0.6) is 0 Å². The first-order valence-electron chi connectivity index (χ1n) is 3.97. The van der Waals surface area contributed by atoms with Crippen molar-refractivity contribution in [3.63, 3.8) is 0 Å². The smallest absolute Gasteiger partial charge is 0.609 e. The minimum Gasteiger partial charge on any atom is -0.616 e. The Morgan fingerprint density at radius 2 is 0.929 bits per heavy atom. The Kier molecular flexibility index (Phi) is 33.7. The predicted octanol–water partition coefficient (Wildman–Crippen LogP) is 4.68. The summed E-state index contributed by atoms with van der Waals surface area (Å²) < 4.78 is 11.3. The van der Waals surface area contributed by atoms with Crippen molar-refractivity contribution < 1.29 is 5.68 Å². The summed E-state index contributed by atoms with van der Waals surface area (Å²) in [5.41, 5.74) is 0. The summed E-state index contributed by atoms with van der Waals surface area (Å²) in [5.74, 6) is 10.9. The van der Waals surface area contributed by atoms with Gasteiger partial charge in [0.15, 0.2) is 0 Å². The van der Waals surface area contributed by atoms with Crippen molar-refractivity contribution in [1.82, 2.24) is 0 Å². The third kappa shape index (κ3) is 24.3. The first-order chi connectivity index (χ1) is 5.52. The van der Waals surface area contributed by atoms with E-state index in [4.69, 9.17) is 5.68 Å². The van der Waals surface area contributed by atoms with Gasteiger partial charge in [-0.3, -0.25) is 0 Å². The molecule has 0 unspecified atom stereocenters. The zero-order valence-corrected chi connectivity index (χ0v) is 16.1. The summed E-state index contributed by atoms with van der Waals surface area (Å²) in [7, 11) is 0. The normalized spacial score (nSPS) is 7.07. The van der Waals surface area contributed by atoms with Crippen LogP contribution >= 0.6 is 37.2 Å². The Morgan fingerprint density at radius 3 is 1.07 bits per heavy atom. The molecule has 14 heavy (non-hydrogen) atoms. The predicted molar refractivity (Wildman–Crippen MR) is 90.3 cm³/mol. The second-order valence-electron chi connectivity index (χ2n) is 2.94. The molecule has 86 valence electrons. The molecular formula is C7H23Al3I2O2. The molecule has 0 aliphatic carbocycles. The second-order valence-corrected chi connectivity index (χ2v) is 10.4. The Labute approximate surface area is 128 Å². The SMILES string of the molecule is C.C.II.[CH3][Al]([CH3])[O][Al]([CH3])[O][Al]([CH3])[CH3]. The third-order valence-electron chi connectivity index (χ3n) is 0.928. The zero-order chi connectivity index (χ0) is 10.1. The Balaban J connectivity index is -0.000000117. The highest BCUT2D eigenvalue weighted by molar-refractivity contribution is 15.0. The monoisotopic (exact) mass is 474 g/mol. The van der Waals surface area contributed by atoms with Crippen LogP contribution < -0.4 is 0 Å². The van der Waals surface area contributed by atoms with Crippen LogP contribution in [0.4, 0.5) is 0 Å². The van der Waals surface area contributed by atoms with Crippen molar-refractivity contribution in [2.45, 2.75) is 43.8 Å². The van der Waals surface area contributed by atoms with E-state index in [1.807, 2.05) is 0 Å². The summed E-state index contributed by atoms with van der Waals surface area (Å²) in [5, 5.41) is 0. The van der Waals surface area contributed by atoms with Crippen LogP contribution in [0.3, 0.4) is 0 Å². The lowest BCUT2D eigenvalue weighted by Crippen LogP contribution is -2.29. The van der Waals surface area contributed by atoms with Gasteiger partial charge in [-0.1, -0.05) is 43.8 Å². The lowest BCUT2D eigenvalue weighted by Gasteiger charge is -2.13. The van der Waals surface area contributed by atoms with Crippen molar-refractivity contribution in [1.29, 1.82) is 0 Å². The van der Waals surface area contributed by atoms with Crippen molar-refractivity contribution >= 4 is 81.0 Å². The molecule has 7 heteroatoms. The highest BCUT2D eigenvalue weighted by Gasteiger charge is 2.21. The highest BCUT2D eigenvalue weighted by Crippen LogP contribution is 1.95. The molecule has 0 rings (SSSR count). The molecule has 0 fully saturated rings. The van der Waals surface area contributed by atoms with Gasteiger partial charge in [0.2, 0.25) is 0 Å². The maximum atomic E-state index is 5.65. The van der Waals surface area contributed by atoms with E-state index in [0.29, 0.717) is 0 Å². The molecule has 0 aromatic rings. The second kappa shape index (κ2) is 18.3. The summed E-state index contributed by atoms with van der Waals surface area (Å²) in [4.78, 5) is 0. The maximum absolute atomic E-state index is 5.65. The van der Waals surface area contributed by atoms with E-state index in [1.165, 1.54) is 0 Å². The van der Waals surface area contributed by atoms with Crippen molar-refractivity contribution in [2.75, 3.05) is 0 Å². The molecule has 0 N–H and O–H groups in total. The molecule has 2 nitrogen and oxygen atoms in total. The van der Waals surface area contributed by atoms with E-state index < -0.39 is 43.8 Å². The fourth-order valence-electron chi connectivity index (χ4n) is 0.799. The molecule has 0 bridgehead atoms. The van der Waals surface area contributed by atoms with Crippen LogP contribution in [0.1, 0.15) is 14.9 Å². The van der Waals surface area contributed by atoms with Crippen molar-refractivity contribution in [3.05, 3.63) is 0 Å². The lowest BCUT2D eigenvalue weighted by atomic mass is 11.9. The number of hydrogen-bond donors (Lipinski definition) is 0. The van der Waals surface area contributed by atoms with Gasteiger partial charge in [0.1, 0.15) is 0 Å². The van der Waals surface area contributed by atoms with Gasteiger partial charge in [0.25, 0.3) is 0 Å². The Morgan fingerprint density at radius 1 is 0.714 bits per heavy atom. The molecule has 0 aromatic carbocycles. The molecule has 0 saturated heterocycles. The van der Waals surface area contributed by atoms with E-state index in [2.05, 4.69) is 66.2 Å². The summed E-state index contributed by atoms with van der Waals surface area (Å²) in [6.07, 6.45) is 0. The highest BCUT2D eigenvalue weighted by atomic mass is 128. The largest absolute Gasteiger partial charge is 0.616 e. The Hall–Kier alpha value is 2.98. The fourth-order valence-corrected chi connectivity index (χ4v) is 7.77. The first kappa shape index (κ1) is 25.7. The van der Waals surface area contributed by atoms with Gasteiger partial charge in [-0.25, -0.2) is 0 Å². The molecule has 0 aromatic heterocycles. The van der Waals surface area contributed by atoms with Crippen LogP contribution in [-0.4, -0.2) is 43.8 Å². The first-order valence-corrected chi connectivity index (χ1v) is 17.9. The van der Waals surface area contributed by atoms with Gasteiger partial charge in [-0.2, -0.15) is 0 Å². The quantitative estimate of drug-likeness (QED) is 0.436. The van der Waals surface area contributed by atoms with Crippen LogP contribution in [-0.2, 0) is 5.68 Å². The zero-order valence-electron chi connectivity index (χ0n) is 8.30. The summed E-state index contributed by atoms with van der Waals surface area (Å²) in [6, 6.07) is 0. The number of hydrogen-bond acceptors (Lipinski definition) is 2. The molecule has 0 atom stereocenters. The van der Waals surface area contributed by atoms with E-state index in [1.54, 1.807) is 0 Å². The molecule has 0 amide bonds. The van der Waals surface area contributed by atoms with Crippen molar-refractivity contribution in [3.8, 4) is 0 Å². The van der Waals surface area contributed by atoms with Gasteiger partial charge in [0.05, 0.1) is 0 Å². The van der Waals surface area contributed by atoms with Crippen LogP contribution in [0.2, 0.25) is 28.9 Å². The van der Waals surface area contributed by atoms with Gasteiger partial charge < -0.3 is 5.68 Å². The average molecular weight is 474 g/mol. The molecule has 0 spiro atoms. The van der Waals surface area contributed by atoms with E-state index in [-0.39, 0.29) is 14.9 Å². The molecule has 0 radical (unpaired) electrons. The molecule has 0 aliphatic rings. The molecule has 0 saturated carbocycles. The fraction of sp³-hybridized carbons (Fsp3) is 1.00. The average Bonchev–Trinajstić information content (AvgIpc) is 1.87. The van der Waals surface area contributed by atoms with Crippen LogP contribution in [0.15, 0.2) is 0 Å². The molecule has 0 heterocycles. The molecular weight excluding hydrogens is 451 g/mol. The topological polar surface area (TPSA) is 18.5 Å². The maximum Gasteiger partial charge on any atom is 0.609 e. The summed E-state index contributed by atoms with van der Waals surface area (Å²) in [6.45, 7) is 0. The third-order valence-corrected chi connectivity index (χ3v) is 8.35. The van der Waals surface area contributed by atoms with Crippen molar-refractivity contribution in [2.24, 2.45) is 0 Å². The van der Waals surface area contributed by atoms with Crippen LogP contribution in [0, 0.1) is 0 Å². The van der Waals surface area contributed by atoms with Gasteiger partial charge in [0, 0.05) is 37.2 Å². The standard InChI is InChI=1S/2CH4.5CH3.3Al.I2.2O/c;;;;;;;;;;1-2;;/h2*1H4;5*1H3;;;;;;. The Bertz CT molecular complexity index is 87.0. The minimum atomic E-state index is -1.19. The van der Waals surface area contributed by atoms with Crippen LogP contribution in [0.25, 0.3) is 0 Å². The van der Waals surface area contributed by atoms with Gasteiger partial charge >= 0.3 is 43.8 Å². The number of rotatable bonds is 4. The van der Waals surface area contributed by atoms with E-state index in [9.17, 15) is 0 Å². The van der Waals surface area contributed by atoms with Gasteiger partial charge in [-0.15, -0.1) is 0 Å². The minimum absolute atomic E-state index is 0. The number of halogens is 2. The summed E-state index contributed by atoms with van der Waals surface area (Å²) >= 11 is 1.39. The molecule has 0 aliphatic heterocycles.